The summed E-state index contributed by atoms with van der Waals surface area (Å²) in [6.45, 7) is 8.42. The number of phenols is 1. The Kier molecular flexibility index (Phi) is 6.23. The van der Waals surface area contributed by atoms with Crippen molar-refractivity contribution in [2.24, 2.45) is 0 Å². The van der Waals surface area contributed by atoms with Crippen molar-refractivity contribution in [3.63, 3.8) is 0 Å². The lowest BCUT2D eigenvalue weighted by Gasteiger charge is -2.26. The predicted molar refractivity (Wildman–Crippen MR) is 97.9 cm³/mol. The second kappa shape index (κ2) is 8.38. The number of esters is 1. The third-order valence-electron chi connectivity index (χ3n) is 4.13. The van der Waals surface area contributed by atoms with Crippen LogP contribution in [-0.2, 0) is 14.9 Å². The lowest BCUT2D eigenvalue weighted by Crippen LogP contribution is -2.18. The van der Waals surface area contributed by atoms with Gasteiger partial charge in [-0.05, 0) is 35.4 Å². The van der Waals surface area contributed by atoms with E-state index in [9.17, 15) is 9.90 Å². The zero-order valence-electron chi connectivity index (χ0n) is 14.7. The molecule has 4 heteroatoms. The summed E-state index contributed by atoms with van der Waals surface area (Å²) in [4.78, 5) is 10.9. The standard InChI is InChI=1S/C21H24O4/c1-4-20(23)25-15-5-14-24-19-12-8-17(9-13-19)21(2,3)16-6-10-18(22)11-7-16/h4,6-13,22H,1,5,14-15H2,2-3H3. The fourth-order valence-electron chi connectivity index (χ4n) is 2.49. The number of ether oxygens (including phenoxy) is 2. The third-order valence-corrected chi connectivity index (χ3v) is 4.13. The highest BCUT2D eigenvalue weighted by Gasteiger charge is 2.22. The molecule has 0 aliphatic carbocycles. The summed E-state index contributed by atoms with van der Waals surface area (Å²) < 4.78 is 10.6. The van der Waals surface area contributed by atoms with Crippen LogP contribution in [0, 0.1) is 0 Å². The van der Waals surface area contributed by atoms with Crippen LogP contribution in [0.2, 0.25) is 0 Å². The molecule has 4 nitrogen and oxygen atoms in total. The highest BCUT2D eigenvalue weighted by atomic mass is 16.5. The molecular weight excluding hydrogens is 316 g/mol. The van der Waals surface area contributed by atoms with E-state index in [1.54, 1.807) is 12.1 Å². The molecule has 1 N–H and O–H groups in total. The molecule has 25 heavy (non-hydrogen) atoms. The van der Waals surface area contributed by atoms with Gasteiger partial charge in [0.2, 0.25) is 0 Å². The molecule has 0 spiro atoms. The number of carbonyl (C=O) groups is 1. The topological polar surface area (TPSA) is 55.8 Å². The average Bonchev–Trinajstić information content (AvgIpc) is 2.62. The molecule has 132 valence electrons. The number of hydrogen-bond acceptors (Lipinski definition) is 4. The SMILES string of the molecule is C=CC(=O)OCCCOc1ccc(C(C)(C)c2ccc(O)cc2)cc1. The lowest BCUT2D eigenvalue weighted by molar-refractivity contribution is -0.137. The van der Waals surface area contributed by atoms with Crippen molar-refractivity contribution in [1.29, 1.82) is 0 Å². The summed E-state index contributed by atoms with van der Waals surface area (Å²) in [7, 11) is 0. The first-order valence-electron chi connectivity index (χ1n) is 8.25. The van der Waals surface area contributed by atoms with Crippen molar-refractivity contribution in [2.75, 3.05) is 13.2 Å². The van der Waals surface area contributed by atoms with Gasteiger partial charge in [0.25, 0.3) is 0 Å². The molecule has 0 unspecified atom stereocenters. The molecule has 0 aliphatic heterocycles. The van der Waals surface area contributed by atoms with Gasteiger partial charge in [0.15, 0.2) is 0 Å². The average molecular weight is 340 g/mol. The Balaban J connectivity index is 1.91. The van der Waals surface area contributed by atoms with Crippen molar-refractivity contribution in [3.05, 3.63) is 72.3 Å². The summed E-state index contributed by atoms with van der Waals surface area (Å²) in [6, 6.07) is 15.2. The molecule has 0 saturated carbocycles. The van der Waals surface area contributed by atoms with Gasteiger partial charge in [0.1, 0.15) is 11.5 Å². The number of phenolic OH excluding ortho intramolecular Hbond substituents is 1. The van der Waals surface area contributed by atoms with Crippen molar-refractivity contribution < 1.29 is 19.4 Å². The largest absolute Gasteiger partial charge is 0.508 e. The van der Waals surface area contributed by atoms with E-state index in [2.05, 4.69) is 20.4 Å². The number of benzene rings is 2. The van der Waals surface area contributed by atoms with Crippen LogP contribution in [0.4, 0.5) is 0 Å². The van der Waals surface area contributed by atoms with E-state index in [-0.39, 0.29) is 11.2 Å². The van der Waals surface area contributed by atoms with Gasteiger partial charge in [0, 0.05) is 17.9 Å². The minimum absolute atomic E-state index is 0.175. The van der Waals surface area contributed by atoms with E-state index in [1.165, 1.54) is 0 Å². The number of hydrogen-bond donors (Lipinski definition) is 1. The Morgan fingerprint density at radius 3 is 2.16 bits per heavy atom. The van der Waals surface area contributed by atoms with Crippen molar-refractivity contribution in [2.45, 2.75) is 25.7 Å². The van der Waals surface area contributed by atoms with Crippen molar-refractivity contribution in [1.82, 2.24) is 0 Å². The minimum Gasteiger partial charge on any atom is -0.508 e. The Labute approximate surface area is 148 Å². The molecule has 0 atom stereocenters. The molecule has 0 heterocycles. The number of carbonyl (C=O) groups excluding carboxylic acids is 1. The lowest BCUT2D eigenvalue weighted by atomic mass is 9.78. The fourth-order valence-corrected chi connectivity index (χ4v) is 2.49. The van der Waals surface area contributed by atoms with Crippen LogP contribution in [0.15, 0.2) is 61.2 Å². The summed E-state index contributed by atoms with van der Waals surface area (Å²) in [5.41, 5.74) is 2.11. The molecular formula is C21H24O4. The van der Waals surface area contributed by atoms with Gasteiger partial charge in [-0.25, -0.2) is 4.79 Å². The molecule has 2 rings (SSSR count). The van der Waals surface area contributed by atoms with E-state index in [0.717, 1.165) is 23.0 Å². The highest BCUT2D eigenvalue weighted by molar-refractivity contribution is 5.81. The maximum Gasteiger partial charge on any atom is 0.330 e. The molecule has 0 aliphatic rings. The quantitative estimate of drug-likeness (QED) is 0.444. The van der Waals surface area contributed by atoms with Crippen molar-refractivity contribution >= 4 is 5.97 Å². The van der Waals surface area contributed by atoms with E-state index >= 15 is 0 Å². The molecule has 0 amide bonds. The normalized spacial score (nSPS) is 11.0. The Bertz CT molecular complexity index is 700. The maximum absolute atomic E-state index is 10.9. The molecule has 0 bridgehead atoms. The molecule has 0 radical (unpaired) electrons. The van der Waals surface area contributed by atoms with Gasteiger partial charge in [0.05, 0.1) is 13.2 Å². The zero-order chi connectivity index (χ0) is 18.3. The van der Waals surface area contributed by atoms with Gasteiger partial charge < -0.3 is 14.6 Å². The van der Waals surface area contributed by atoms with Gasteiger partial charge in [-0.3, -0.25) is 0 Å². The van der Waals surface area contributed by atoms with E-state index in [1.807, 2.05) is 36.4 Å². The summed E-state index contributed by atoms with van der Waals surface area (Å²) in [5, 5.41) is 9.45. The van der Waals surface area contributed by atoms with Gasteiger partial charge in [-0.1, -0.05) is 44.7 Å². The monoisotopic (exact) mass is 340 g/mol. The molecule has 0 aromatic heterocycles. The van der Waals surface area contributed by atoms with E-state index in [4.69, 9.17) is 9.47 Å². The first-order chi connectivity index (χ1) is 11.9. The number of aromatic hydroxyl groups is 1. The molecule has 2 aromatic carbocycles. The van der Waals surface area contributed by atoms with Crippen LogP contribution in [0.25, 0.3) is 0 Å². The third kappa shape index (κ3) is 5.11. The highest BCUT2D eigenvalue weighted by Crippen LogP contribution is 2.33. The van der Waals surface area contributed by atoms with Gasteiger partial charge in [-0.2, -0.15) is 0 Å². The first-order valence-corrected chi connectivity index (χ1v) is 8.25. The maximum atomic E-state index is 10.9. The molecule has 0 fully saturated rings. The first kappa shape index (κ1) is 18.6. The summed E-state index contributed by atoms with van der Waals surface area (Å²) in [5.74, 6) is 0.628. The smallest absolute Gasteiger partial charge is 0.330 e. The van der Waals surface area contributed by atoms with Crippen LogP contribution in [-0.4, -0.2) is 24.3 Å². The van der Waals surface area contributed by atoms with Crippen LogP contribution < -0.4 is 4.74 Å². The van der Waals surface area contributed by atoms with Crippen LogP contribution in [0.1, 0.15) is 31.4 Å². The second-order valence-corrected chi connectivity index (χ2v) is 6.27. The van der Waals surface area contributed by atoms with Crippen LogP contribution >= 0.6 is 0 Å². The predicted octanol–water partition coefficient (Wildman–Crippen LogP) is 4.22. The van der Waals surface area contributed by atoms with Gasteiger partial charge in [-0.15, -0.1) is 0 Å². The fraction of sp³-hybridized carbons (Fsp3) is 0.286. The Hall–Kier alpha value is -2.75. The van der Waals surface area contributed by atoms with Crippen LogP contribution in [0.3, 0.4) is 0 Å². The van der Waals surface area contributed by atoms with Crippen LogP contribution in [0.5, 0.6) is 11.5 Å². The minimum atomic E-state index is -0.416. The Morgan fingerprint density at radius 2 is 1.60 bits per heavy atom. The second-order valence-electron chi connectivity index (χ2n) is 6.27. The number of rotatable bonds is 8. The van der Waals surface area contributed by atoms with E-state index < -0.39 is 5.97 Å². The Morgan fingerprint density at radius 1 is 1.04 bits per heavy atom. The van der Waals surface area contributed by atoms with Gasteiger partial charge >= 0.3 is 5.97 Å². The molecule has 2 aromatic rings. The summed E-state index contributed by atoms with van der Waals surface area (Å²) >= 11 is 0. The molecule has 0 saturated heterocycles. The van der Waals surface area contributed by atoms with E-state index in [0.29, 0.717) is 19.6 Å². The zero-order valence-corrected chi connectivity index (χ0v) is 14.7. The van der Waals surface area contributed by atoms with Crippen molar-refractivity contribution in [3.8, 4) is 11.5 Å². The summed E-state index contributed by atoms with van der Waals surface area (Å²) in [6.07, 6.45) is 1.77.